The quantitative estimate of drug-likeness (QED) is 0.176. The van der Waals surface area contributed by atoms with Crippen molar-refractivity contribution in [2.45, 2.75) is 138 Å². The number of hydrogen-bond donors (Lipinski definition) is 0. The average Bonchev–Trinajstić information content (AvgIpc) is 4.18. The van der Waals surface area contributed by atoms with Crippen LogP contribution in [0, 0.1) is 138 Å². The first-order valence-corrected chi connectivity index (χ1v) is 24.4. The number of hydrogen-bond acceptors (Lipinski definition) is 2. The van der Waals surface area contributed by atoms with E-state index in [1.54, 1.807) is 0 Å². The van der Waals surface area contributed by atoms with E-state index in [4.69, 9.17) is 19.9 Å². The van der Waals surface area contributed by atoms with E-state index >= 15 is 0 Å². The van der Waals surface area contributed by atoms with Crippen molar-refractivity contribution in [1.82, 2.24) is 19.9 Å². The summed E-state index contributed by atoms with van der Waals surface area (Å²) >= 11 is 0. The van der Waals surface area contributed by atoms with E-state index < -0.39 is 0 Å². The monoisotopic (exact) mass is 1090 g/mol. The molecule has 9 rings (SSSR count). The van der Waals surface area contributed by atoms with E-state index in [9.17, 15) is 0 Å². The first-order valence-electron chi connectivity index (χ1n) is 24.4. The molecule has 0 atom stereocenters. The third kappa shape index (κ3) is 7.42. The summed E-state index contributed by atoms with van der Waals surface area (Å²) in [6, 6.07) is 8.89. The molecule has 4 aromatic carbocycles. The molecule has 0 radical (unpaired) electrons. The Bertz CT molecular complexity index is 3070. The van der Waals surface area contributed by atoms with E-state index in [-0.39, 0.29) is 21.1 Å². The van der Waals surface area contributed by atoms with Crippen LogP contribution in [0.1, 0.15) is 134 Å². The van der Waals surface area contributed by atoms with Crippen molar-refractivity contribution >= 4 is 46.4 Å². The average molecular weight is 1090 g/mol. The molecule has 7 aromatic rings. The first-order chi connectivity index (χ1) is 32.1. The molecule has 5 heterocycles. The smallest absolute Gasteiger partial charge is 0.657 e. The van der Waals surface area contributed by atoms with Crippen LogP contribution < -0.4 is 9.97 Å². The second-order valence-electron chi connectivity index (χ2n) is 20.4. The van der Waals surface area contributed by atoms with Gasteiger partial charge < -0.3 is 9.97 Å². The SMILES string of the molecule is Cc1c(C)c(C)c(-c2c3nc(c(-c4c(C)c(C)c(C)c(C)c4C)c4ccc([n-]4)c(-c4c(C)c(C)c(C)c(C)c4C)c4nc(c(-c5c(C)c(C)c(C)c(C)c5C)c5ccc2[n-]5)C=C4)C=C3)c(C)c1C.[Pt+2]. The Morgan fingerprint density at radius 2 is 0.362 bits per heavy atom. The van der Waals surface area contributed by atoms with Gasteiger partial charge in [0, 0.05) is 0 Å². The Kier molecular flexibility index (Phi) is 12.8. The molecule has 354 valence electrons. The molecule has 0 amide bonds. The van der Waals surface area contributed by atoms with Crippen LogP contribution in [0.3, 0.4) is 0 Å². The fraction of sp³-hybridized carbons (Fsp3) is 0.312. The maximum atomic E-state index is 5.76. The van der Waals surface area contributed by atoms with Gasteiger partial charge >= 0.3 is 21.1 Å². The maximum Gasteiger partial charge on any atom is 2.00 e. The van der Waals surface area contributed by atoms with Gasteiger partial charge in [-0.2, -0.15) is 0 Å². The number of rotatable bonds is 4. The molecule has 5 heteroatoms. The Morgan fingerprint density at radius 1 is 0.217 bits per heavy atom. The fourth-order valence-corrected chi connectivity index (χ4v) is 11.6. The van der Waals surface area contributed by atoms with E-state index in [1.807, 2.05) is 0 Å². The summed E-state index contributed by atoms with van der Waals surface area (Å²) in [6.07, 6.45) is 8.89. The molecule has 2 aliphatic heterocycles. The summed E-state index contributed by atoms with van der Waals surface area (Å²) in [5, 5.41) is 0. The van der Waals surface area contributed by atoms with Crippen molar-refractivity contribution in [3.8, 4) is 44.5 Å². The van der Waals surface area contributed by atoms with Crippen LogP contribution in [-0.4, -0.2) is 9.97 Å². The summed E-state index contributed by atoms with van der Waals surface area (Å²) in [4.78, 5) is 23.0. The summed E-state index contributed by atoms with van der Waals surface area (Å²) in [5.74, 6) is 0. The predicted molar refractivity (Wildman–Crippen MR) is 293 cm³/mol. The normalized spacial score (nSPS) is 12.1. The van der Waals surface area contributed by atoms with Gasteiger partial charge in [0.1, 0.15) is 0 Å². The van der Waals surface area contributed by atoms with E-state index in [1.165, 1.54) is 134 Å². The molecule has 0 saturated carbocycles. The molecule has 2 aliphatic rings. The van der Waals surface area contributed by atoms with Crippen molar-refractivity contribution in [2.75, 3.05) is 0 Å². The van der Waals surface area contributed by atoms with Crippen LogP contribution in [0.4, 0.5) is 0 Å². The van der Waals surface area contributed by atoms with Gasteiger partial charge in [-0.25, -0.2) is 9.97 Å². The van der Waals surface area contributed by atoms with E-state index in [0.29, 0.717) is 0 Å². The fourth-order valence-electron chi connectivity index (χ4n) is 11.6. The molecule has 0 spiro atoms. The maximum absolute atomic E-state index is 5.76. The van der Waals surface area contributed by atoms with Crippen molar-refractivity contribution in [2.24, 2.45) is 0 Å². The number of benzene rings is 4. The van der Waals surface area contributed by atoms with Crippen LogP contribution in [0.15, 0.2) is 24.3 Å². The summed E-state index contributed by atoms with van der Waals surface area (Å²) in [7, 11) is 0. The van der Waals surface area contributed by atoms with Crippen molar-refractivity contribution in [3.05, 3.63) is 158 Å². The molecule has 69 heavy (non-hydrogen) atoms. The minimum atomic E-state index is 0. The van der Waals surface area contributed by atoms with Crippen LogP contribution in [0.25, 0.3) is 90.9 Å². The minimum absolute atomic E-state index is 0. The van der Waals surface area contributed by atoms with Gasteiger partial charge in [0.2, 0.25) is 0 Å². The zero-order chi connectivity index (χ0) is 49.3. The Hall–Kier alpha value is -5.83. The third-order valence-corrected chi connectivity index (χ3v) is 17.6. The van der Waals surface area contributed by atoms with Crippen LogP contribution >= 0.6 is 0 Å². The molecular weight excluding hydrogens is 1020 g/mol. The first kappa shape index (κ1) is 49.6. The van der Waals surface area contributed by atoms with Gasteiger partial charge in [-0.1, -0.05) is 24.3 Å². The van der Waals surface area contributed by atoms with Gasteiger partial charge in [-0.15, -0.1) is 22.1 Å². The van der Waals surface area contributed by atoms with Gasteiger partial charge in [0.25, 0.3) is 0 Å². The summed E-state index contributed by atoms with van der Waals surface area (Å²) in [6.45, 7) is 45.2. The van der Waals surface area contributed by atoms with Gasteiger partial charge in [0.05, 0.1) is 22.8 Å². The number of nitrogens with zero attached hydrogens (tertiary/aromatic N) is 4. The van der Waals surface area contributed by atoms with E-state index in [0.717, 1.165) is 67.1 Å². The van der Waals surface area contributed by atoms with E-state index in [2.05, 4.69) is 187 Å². The van der Waals surface area contributed by atoms with Gasteiger partial charge in [-0.05, 0) is 319 Å². The molecule has 0 unspecified atom stereocenters. The van der Waals surface area contributed by atoms with Gasteiger partial charge in [0.15, 0.2) is 0 Å². The number of aromatic nitrogens is 4. The van der Waals surface area contributed by atoms with Crippen LogP contribution in [0.5, 0.6) is 0 Å². The Balaban J connectivity index is 0.00000642. The molecule has 0 saturated heterocycles. The van der Waals surface area contributed by atoms with Gasteiger partial charge in [-0.3, -0.25) is 0 Å². The molecule has 3 aromatic heterocycles. The molecule has 0 N–H and O–H groups in total. The van der Waals surface area contributed by atoms with Crippen LogP contribution in [-0.2, 0) is 21.1 Å². The molecule has 4 nitrogen and oxygen atoms in total. The zero-order valence-corrected chi connectivity index (χ0v) is 47.0. The second-order valence-corrected chi connectivity index (χ2v) is 20.4. The summed E-state index contributed by atoms with van der Waals surface area (Å²) < 4.78 is 0. The largest absolute Gasteiger partial charge is 2.00 e. The zero-order valence-electron chi connectivity index (χ0n) is 44.7. The summed E-state index contributed by atoms with van der Waals surface area (Å²) in [5.41, 5.74) is 41.9. The Labute approximate surface area is 426 Å². The Morgan fingerprint density at radius 3 is 0.522 bits per heavy atom. The standard InChI is InChI=1S/C64H68N4.Pt/c1-29-33(5)41(13)57(42(14)34(29)6)61-49-21-23-51(65-49)62(58-43(15)35(7)30(2)36(8)44(58)16)53-25-27-55(67-53)64(60-47(19)39(11)32(4)40(12)48(60)20)56-28-26-54(68-56)63(52-24-22-50(61)66-52)59-45(17)37(9)31(3)38(10)46(59)18;/h21-28H,1-20H3;/q-2;+2. The predicted octanol–water partition coefficient (Wildman–Crippen LogP) is 16.7. The third-order valence-electron chi connectivity index (χ3n) is 17.6. The van der Waals surface area contributed by atoms with Crippen molar-refractivity contribution < 1.29 is 21.1 Å². The van der Waals surface area contributed by atoms with Crippen LogP contribution in [0.2, 0.25) is 0 Å². The van der Waals surface area contributed by atoms with Crippen molar-refractivity contribution in [1.29, 1.82) is 0 Å². The molecule has 0 aliphatic carbocycles. The molecule has 8 bridgehead atoms. The second kappa shape index (κ2) is 17.8. The minimum Gasteiger partial charge on any atom is -0.657 e. The molecular formula is C64H68N4Pt. The topological polar surface area (TPSA) is 54.0 Å². The number of fused-ring (bicyclic) bond motifs is 8. The van der Waals surface area contributed by atoms with Crippen molar-refractivity contribution in [3.63, 3.8) is 0 Å². The molecule has 0 fully saturated rings.